The van der Waals surface area contributed by atoms with Crippen molar-refractivity contribution < 1.29 is 23.8 Å². The average molecular weight is 282 g/mol. The van der Waals surface area contributed by atoms with Crippen LogP contribution in [0.3, 0.4) is 0 Å². The Morgan fingerprint density at radius 3 is 2.90 bits per heavy atom. The Morgan fingerprint density at radius 2 is 2.25 bits per heavy atom. The smallest absolute Gasteiger partial charge is 0.328 e. The van der Waals surface area contributed by atoms with Gasteiger partial charge in [0.15, 0.2) is 6.04 Å². The molecule has 1 atom stereocenters. The molecule has 0 saturated carbocycles. The number of hydrogen-bond acceptors (Lipinski definition) is 3. The minimum atomic E-state index is -1.12. The first-order valence-corrected chi connectivity index (χ1v) is 6.11. The number of benzene rings is 1. The van der Waals surface area contributed by atoms with Gasteiger partial charge in [0.05, 0.1) is 13.2 Å². The van der Waals surface area contributed by atoms with Gasteiger partial charge in [-0.05, 0) is 18.2 Å². The topological polar surface area (TPSA) is 70.1 Å². The molecule has 1 unspecified atom stereocenters. The summed E-state index contributed by atoms with van der Waals surface area (Å²) in [5, 5.41) is 9.10. The number of rotatable bonds is 2. The molecule has 0 aromatic heterocycles. The summed E-state index contributed by atoms with van der Waals surface area (Å²) in [6.07, 6.45) is 0. The van der Waals surface area contributed by atoms with E-state index in [1.807, 2.05) is 0 Å². The van der Waals surface area contributed by atoms with Crippen LogP contribution in [0.15, 0.2) is 24.3 Å². The first-order valence-electron chi connectivity index (χ1n) is 6.11. The van der Waals surface area contributed by atoms with Crippen LogP contribution in [0, 0.1) is 5.82 Å². The second kappa shape index (κ2) is 5.87. The van der Waals surface area contributed by atoms with Gasteiger partial charge in [-0.1, -0.05) is 6.07 Å². The van der Waals surface area contributed by atoms with Crippen molar-refractivity contribution in [1.29, 1.82) is 0 Å². The number of morpholine rings is 1. The van der Waals surface area contributed by atoms with Crippen molar-refractivity contribution in [3.8, 4) is 0 Å². The Balaban J connectivity index is 2.18. The lowest BCUT2D eigenvalue weighted by Crippen LogP contribution is -2.56. The van der Waals surface area contributed by atoms with E-state index in [0.717, 1.165) is 0 Å². The fourth-order valence-corrected chi connectivity index (χ4v) is 2.03. The van der Waals surface area contributed by atoms with Crippen molar-refractivity contribution in [3.63, 3.8) is 0 Å². The first kappa shape index (κ1) is 14.3. The molecular weight excluding hydrogens is 267 g/mol. The minimum absolute atomic E-state index is 0.0436. The van der Waals surface area contributed by atoms with Crippen LogP contribution in [0.5, 0.6) is 0 Å². The second-order valence-corrected chi connectivity index (χ2v) is 4.44. The summed E-state index contributed by atoms with van der Waals surface area (Å²) < 4.78 is 18.2. The van der Waals surface area contributed by atoms with Gasteiger partial charge in [-0.25, -0.2) is 14.0 Å². The molecule has 7 heteroatoms. The van der Waals surface area contributed by atoms with E-state index in [0.29, 0.717) is 5.69 Å². The summed E-state index contributed by atoms with van der Waals surface area (Å²) in [5.74, 6) is -1.58. The number of carbonyl (C=O) groups is 2. The SMILES string of the molecule is CN(C(=O)N1CCOCC1C(=O)O)c1cccc(F)c1. The number of urea groups is 1. The van der Waals surface area contributed by atoms with E-state index in [-0.39, 0.29) is 19.8 Å². The third kappa shape index (κ3) is 2.88. The third-order valence-electron chi connectivity index (χ3n) is 3.14. The number of halogens is 1. The molecule has 0 aliphatic carbocycles. The quantitative estimate of drug-likeness (QED) is 0.884. The second-order valence-electron chi connectivity index (χ2n) is 4.44. The number of carbonyl (C=O) groups excluding carboxylic acids is 1. The largest absolute Gasteiger partial charge is 0.480 e. The maximum absolute atomic E-state index is 13.2. The summed E-state index contributed by atoms with van der Waals surface area (Å²) in [5.41, 5.74) is 0.366. The maximum Gasteiger partial charge on any atom is 0.328 e. The molecule has 0 radical (unpaired) electrons. The molecule has 2 amide bonds. The fraction of sp³-hybridized carbons (Fsp3) is 0.385. The summed E-state index contributed by atoms with van der Waals surface area (Å²) in [7, 11) is 1.48. The van der Waals surface area contributed by atoms with E-state index in [2.05, 4.69) is 0 Å². The highest BCUT2D eigenvalue weighted by Crippen LogP contribution is 2.18. The fourth-order valence-electron chi connectivity index (χ4n) is 2.03. The standard InChI is InChI=1S/C13H15FN2O4/c1-15(10-4-2-3-9(14)7-10)13(19)16-5-6-20-8-11(16)12(17)18/h2-4,7,11H,5-6,8H2,1H3,(H,17,18). The lowest BCUT2D eigenvalue weighted by molar-refractivity contribution is -0.147. The van der Waals surface area contributed by atoms with E-state index >= 15 is 0 Å². The zero-order valence-electron chi connectivity index (χ0n) is 11.0. The van der Waals surface area contributed by atoms with E-state index in [4.69, 9.17) is 9.84 Å². The summed E-state index contributed by atoms with van der Waals surface area (Å²) in [4.78, 5) is 25.9. The Morgan fingerprint density at radius 1 is 1.50 bits per heavy atom. The van der Waals surface area contributed by atoms with Crippen LogP contribution < -0.4 is 4.90 Å². The van der Waals surface area contributed by atoms with Crippen LogP contribution in [0.1, 0.15) is 0 Å². The van der Waals surface area contributed by atoms with Crippen LogP contribution in [0.4, 0.5) is 14.9 Å². The summed E-state index contributed by atoms with van der Waals surface area (Å²) >= 11 is 0. The van der Waals surface area contributed by atoms with E-state index in [1.165, 1.54) is 35.0 Å². The van der Waals surface area contributed by atoms with Gasteiger partial charge in [0.1, 0.15) is 5.82 Å². The number of anilines is 1. The molecule has 1 fully saturated rings. The Bertz CT molecular complexity index is 523. The summed E-state index contributed by atoms with van der Waals surface area (Å²) in [6.45, 7) is 0.431. The number of aliphatic carboxylic acids is 1. The van der Waals surface area contributed by atoms with E-state index in [1.54, 1.807) is 6.07 Å². The van der Waals surface area contributed by atoms with E-state index in [9.17, 15) is 14.0 Å². The highest BCUT2D eigenvalue weighted by molar-refractivity contribution is 5.94. The van der Waals surface area contributed by atoms with Crippen molar-refractivity contribution in [2.45, 2.75) is 6.04 Å². The highest BCUT2D eigenvalue weighted by Gasteiger charge is 2.34. The number of amides is 2. The predicted octanol–water partition coefficient (Wildman–Crippen LogP) is 1.17. The molecule has 1 N–H and O–H groups in total. The number of carboxylic acids is 1. The molecule has 1 aliphatic rings. The molecule has 108 valence electrons. The number of ether oxygens (including phenoxy) is 1. The molecule has 0 bridgehead atoms. The lowest BCUT2D eigenvalue weighted by atomic mass is 10.2. The Hall–Kier alpha value is -2.15. The van der Waals surface area contributed by atoms with Gasteiger partial charge in [0.2, 0.25) is 0 Å². The highest BCUT2D eigenvalue weighted by atomic mass is 19.1. The number of hydrogen-bond donors (Lipinski definition) is 1. The van der Waals surface area contributed by atoms with Crippen LogP contribution >= 0.6 is 0 Å². The Kier molecular flexibility index (Phi) is 4.19. The number of nitrogens with zero attached hydrogens (tertiary/aromatic N) is 2. The summed E-state index contributed by atoms with van der Waals surface area (Å²) in [6, 6.07) is 4.04. The molecule has 6 nitrogen and oxygen atoms in total. The van der Waals surface area contributed by atoms with Gasteiger partial charge in [-0.15, -0.1) is 0 Å². The van der Waals surface area contributed by atoms with Gasteiger partial charge in [0, 0.05) is 19.3 Å². The normalized spacial score (nSPS) is 18.7. The van der Waals surface area contributed by atoms with E-state index < -0.39 is 23.9 Å². The van der Waals surface area contributed by atoms with Gasteiger partial charge in [-0.3, -0.25) is 4.90 Å². The third-order valence-corrected chi connectivity index (χ3v) is 3.14. The van der Waals surface area contributed by atoms with Crippen molar-refractivity contribution in [2.75, 3.05) is 31.7 Å². The monoisotopic (exact) mass is 282 g/mol. The molecular formula is C13H15FN2O4. The molecule has 1 saturated heterocycles. The zero-order valence-corrected chi connectivity index (χ0v) is 11.0. The van der Waals surface area contributed by atoms with Crippen molar-refractivity contribution in [1.82, 2.24) is 4.90 Å². The predicted molar refractivity (Wildman–Crippen MR) is 69.1 cm³/mol. The van der Waals surface area contributed by atoms with Crippen LogP contribution in [-0.4, -0.2) is 54.9 Å². The van der Waals surface area contributed by atoms with Crippen LogP contribution in [0.2, 0.25) is 0 Å². The van der Waals surface area contributed by atoms with Gasteiger partial charge >= 0.3 is 12.0 Å². The molecule has 1 aromatic rings. The maximum atomic E-state index is 13.2. The lowest BCUT2D eigenvalue weighted by Gasteiger charge is -2.35. The van der Waals surface area contributed by atoms with Crippen molar-refractivity contribution in [3.05, 3.63) is 30.1 Å². The molecule has 2 rings (SSSR count). The molecule has 1 aromatic carbocycles. The zero-order chi connectivity index (χ0) is 14.7. The van der Waals surface area contributed by atoms with Gasteiger partial charge in [-0.2, -0.15) is 0 Å². The molecule has 20 heavy (non-hydrogen) atoms. The average Bonchev–Trinajstić information content (AvgIpc) is 2.45. The molecule has 1 aliphatic heterocycles. The van der Waals surface area contributed by atoms with Crippen molar-refractivity contribution in [2.24, 2.45) is 0 Å². The Labute approximate surface area is 115 Å². The first-order chi connectivity index (χ1) is 9.50. The molecule has 1 heterocycles. The molecule has 0 spiro atoms. The number of carboxylic acid groups (broad SMARTS) is 1. The minimum Gasteiger partial charge on any atom is -0.480 e. The van der Waals surface area contributed by atoms with Crippen LogP contribution in [-0.2, 0) is 9.53 Å². The van der Waals surface area contributed by atoms with Gasteiger partial charge in [0.25, 0.3) is 0 Å². The van der Waals surface area contributed by atoms with Crippen LogP contribution in [0.25, 0.3) is 0 Å². The van der Waals surface area contributed by atoms with Crippen molar-refractivity contribution >= 4 is 17.7 Å². The van der Waals surface area contributed by atoms with Gasteiger partial charge < -0.3 is 14.7 Å².